The first kappa shape index (κ1) is 9.22. The third-order valence-electron chi connectivity index (χ3n) is 3.37. The maximum Gasteiger partial charge on any atom is 0.0227 e. The molecule has 0 aromatic heterocycles. The van der Waals surface area contributed by atoms with E-state index in [1.807, 2.05) is 6.08 Å². The number of fused-ring (bicyclic) bond motifs is 1. The van der Waals surface area contributed by atoms with Crippen molar-refractivity contribution in [1.82, 2.24) is 9.80 Å². The van der Waals surface area contributed by atoms with Gasteiger partial charge in [0.05, 0.1) is 0 Å². The Morgan fingerprint density at radius 2 is 2.31 bits per heavy atom. The van der Waals surface area contributed by atoms with Crippen LogP contribution in [0.15, 0.2) is 12.7 Å². The van der Waals surface area contributed by atoms with E-state index in [9.17, 15) is 0 Å². The molecule has 74 valence electrons. The monoisotopic (exact) mass is 180 g/mol. The van der Waals surface area contributed by atoms with Gasteiger partial charge >= 0.3 is 0 Å². The van der Waals surface area contributed by atoms with E-state index >= 15 is 0 Å². The highest BCUT2D eigenvalue weighted by molar-refractivity contribution is 4.92. The van der Waals surface area contributed by atoms with Crippen LogP contribution in [0.25, 0.3) is 0 Å². The van der Waals surface area contributed by atoms with E-state index < -0.39 is 0 Å². The van der Waals surface area contributed by atoms with Gasteiger partial charge in [-0.25, -0.2) is 0 Å². The first-order chi connectivity index (χ1) is 6.31. The Bertz CT molecular complexity index is 191. The Morgan fingerprint density at radius 1 is 1.46 bits per heavy atom. The summed E-state index contributed by atoms with van der Waals surface area (Å²) in [5.74, 6) is 0. The minimum absolute atomic E-state index is 0.751. The van der Waals surface area contributed by atoms with Gasteiger partial charge in [-0.3, -0.25) is 9.80 Å². The molecule has 0 radical (unpaired) electrons. The van der Waals surface area contributed by atoms with Gasteiger partial charge in [-0.1, -0.05) is 6.08 Å². The summed E-state index contributed by atoms with van der Waals surface area (Å²) in [4.78, 5) is 5.21. The van der Waals surface area contributed by atoms with Crippen LogP contribution >= 0.6 is 0 Å². The molecular weight excluding hydrogens is 160 g/mol. The first-order valence-corrected chi connectivity index (χ1v) is 5.40. The molecule has 0 N–H and O–H groups in total. The van der Waals surface area contributed by atoms with Crippen molar-refractivity contribution in [2.45, 2.75) is 31.8 Å². The normalized spacial score (nSPS) is 36.1. The highest BCUT2D eigenvalue weighted by atomic mass is 15.3. The number of hydrogen-bond acceptors (Lipinski definition) is 2. The predicted molar refractivity (Wildman–Crippen MR) is 55.8 cm³/mol. The van der Waals surface area contributed by atoms with Gasteiger partial charge in [0.2, 0.25) is 0 Å². The van der Waals surface area contributed by atoms with E-state index in [4.69, 9.17) is 0 Å². The number of rotatable bonds is 2. The molecule has 2 nitrogen and oxygen atoms in total. The van der Waals surface area contributed by atoms with Crippen LogP contribution in [0.4, 0.5) is 0 Å². The van der Waals surface area contributed by atoms with Gasteiger partial charge < -0.3 is 0 Å². The molecule has 13 heavy (non-hydrogen) atoms. The lowest BCUT2D eigenvalue weighted by molar-refractivity contribution is 0.0661. The Hall–Kier alpha value is -0.340. The van der Waals surface area contributed by atoms with Crippen molar-refractivity contribution in [2.75, 3.05) is 26.2 Å². The molecule has 0 bridgehead atoms. The lowest BCUT2D eigenvalue weighted by Crippen LogP contribution is -2.54. The molecule has 0 amide bonds. The quantitative estimate of drug-likeness (QED) is 0.592. The summed E-state index contributed by atoms with van der Waals surface area (Å²) in [6.07, 6.45) is 4.83. The summed E-state index contributed by atoms with van der Waals surface area (Å²) in [6.45, 7) is 11.0. The highest BCUT2D eigenvalue weighted by Gasteiger charge is 2.34. The third kappa shape index (κ3) is 1.79. The van der Waals surface area contributed by atoms with Gasteiger partial charge in [-0.15, -0.1) is 6.58 Å². The zero-order valence-electron chi connectivity index (χ0n) is 8.58. The summed E-state index contributed by atoms with van der Waals surface area (Å²) in [6, 6.07) is 1.59. The van der Waals surface area contributed by atoms with Gasteiger partial charge in [0.15, 0.2) is 0 Å². The molecule has 0 saturated carbocycles. The number of hydrogen-bond donors (Lipinski definition) is 0. The molecule has 2 rings (SSSR count). The smallest absolute Gasteiger partial charge is 0.0227 e. The Balaban J connectivity index is 1.97. The fourth-order valence-corrected chi connectivity index (χ4v) is 2.82. The minimum Gasteiger partial charge on any atom is -0.297 e. The lowest BCUT2D eigenvalue weighted by atomic mass is 10.1. The van der Waals surface area contributed by atoms with Crippen molar-refractivity contribution >= 4 is 0 Å². The molecule has 2 heterocycles. The number of piperazine rings is 1. The molecule has 2 fully saturated rings. The van der Waals surface area contributed by atoms with Crippen LogP contribution in [-0.4, -0.2) is 48.1 Å². The Kier molecular flexibility index (Phi) is 2.70. The molecule has 0 aliphatic carbocycles. The molecule has 2 heteroatoms. The summed E-state index contributed by atoms with van der Waals surface area (Å²) in [5.41, 5.74) is 0. The minimum atomic E-state index is 0.751. The van der Waals surface area contributed by atoms with Crippen molar-refractivity contribution in [1.29, 1.82) is 0 Å². The van der Waals surface area contributed by atoms with E-state index in [0.717, 1.165) is 18.6 Å². The Labute approximate surface area is 81.2 Å². The van der Waals surface area contributed by atoms with Crippen molar-refractivity contribution in [3.8, 4) is 0 Å². The van der Waals surface area contributed by atoms with Gasteiger partial charge in [0.25, 0.3) is 0 Å². The van der Waals surface area contributed by atoms with Gasteiger partial charge in [-0.05, 0) is 26.3 Å². The standard InChI is InChI=1S/C11H20N2/c1-3-6-12-8-10(2)13-7-4-5-11(13)9-12/h3,10-11H,1,4-9H2,2H3. The van der Waals surface area contributed by atoms with Crippen molar-refractivity contribution in [3.63, 3.8) is 0 Å². The predicted octanol–water partition coefficient (Wildman–Crippen LogP) is 1.34. The SMILES string of the molecule is C=CCN1CC(C)N2CCCC2C1. The maximum absolute atomic E-state index is 3.81. The van der Waals surface area contributed by atoms with Crippen molar-refractivity contribution < 1.29 is 0 Å². The van der Waals surface area contributed by atoms with Crippen LogP contribution in [0, 0.1) is 0 Å². The fourth-order valence-electron chi connectivity index (χ4n) is 2.82. The summed E-state index contributed by atoms with van der Waals surface area (Å²) < 4.78 is 0. The Morgan fingerprint density at radius 3 is 3.08 bits per heavy atom. The lowest BCUT2D eigenvalue weighted by Gasteiger charge is -2.41. The zero-order valence-corrected chi connectivity index (χ0v) is 8.58. The molecule has 0 aromatic rings. The summed E-state index contributed by atoms with van der Waals surface area (Å²) in [5, 5.41) is 0. The van der Waals surface area contributed by atoms with Gasteiger partial charge in [0, 0.05) is 31.7 Å². The largest absolute Gasteiger partial charge is 0.297 e. The molecule has 2 aliphatic heterocycles. The van der Waals surface area contributed by atoms with Crippen LogP contribution in [0.2, 0.25) is 0 Å². The van der Waals surface area contributed by atoms with E-state index in [-0.39, 0.29) is 0 Å². The molecule has 0 spiro atoms. The topological polar surface area (TPSA) is 6.48 Å². The average Bonchev–Trinajstić information content (AvgIpc) is 2.53. The van der Waals surface area contributed by atoms with E-state index in [1.165, 1.54) is 32.5 Å². The molecule has 0 aromatic carbocycles. The van der Waals surface area contributed by atoms with Crippen molar-refractivity contribution in [3.05, 3.63) is 12.7 Å². The molecule has 2 aliphatic rings. The molecule has 2 atom stereocenters. The van der Waals surface area contributed by atoms with E-state index in [0.29, 0.717) is 0 Å². The van der Waals surface area contributed by atoms with E-state index in [1.54, 1.807) is 0 Å². The van der Waals surface area contributed by atoms with Crippen LogP contribution in [0.3, 0.4) is 0 Å². The van der Waals surface area contributed by atoms with Crippen LogP contribution < -0.4 is 0 Å². The van der Waals surface area contributed by atoms with Crippen LogP contribution in [0.1, 0.15) is 19.8 Å². The molecule has 2 unspecified atom stereocenters. The zero-order chi connectivity index (χ0) is 9.26. The van der Waals surface area contributed by atoms with Crippen molar-refractivity contribution in [2.24, 2.45) is 0 Å². The summed E-state index contributed by atoms with van der Waals surface area (Å²) >= 11 is 0. The van der Waals surface area contributed by atoms with Gasteiger partial charge in [-0.2, -0.15) is 0 Å². The van der Waals surface area contributed by atoms with Crippen LogP contribution in [0.5, 0.6) is 0 Å². The van der Waals surface area contributed by atoms with Gasteiger partial charge in [0.1, 0.15) is 0 Å². The second kappa shape index (κ2) is 3.81. The van der Waals surface area contributed by atoms with Crippen LogP contribution in [-0.2, 0) is 0 Å². The van der Waals surface area contributed by atoms with E-state index in [2.05, 4.69) is 23.3 Å². The highest BCUT2D eigenvalue weighted by Crippen LogP contribution is 2.25. The fraction of sp³-hybridized carbons (Fsp3) is 0.818. The maximum atomic E-state index is 3.81. The second-order valence-electron chi connectivity index (χ2n) is 4.39. The molecule has 2 saturated heterocycles. The third-order valence-corrected chi connectivity index (χ3v) is 3.37. The number of nitrogens with zero attached hydrogens (tertiary/aromatic N) is 2. The molecular formula is C11H20N2. The second-order valence-corrected chi connectivity index (χ2v) is 4.39. The summed E-state index contributed by atoms with van der Waals surface area (Å²) in [7, 11) is 0. The first-order valence-electron chi connectivity index (χ1n) is 5.40. The average molecular weight is 180 g/mol.